The van der Waals surface area contributed by atoms with Crippen molar-refractivity contribution in [3.63, 3.8) is 0 Å². The molecule has 15 heavy (non-hydrogen) atoms. The zero-order valence-corrected chi connectivity index (χ0v) is 8.64. The first-order chi connectivity index (χ1) is 6.86. The molecule has 0 radical (unpaired) electrons. The van der Waals surface area contributed by atoms with Crippen LogP contribution in [0, 0.1) is 11.8 Å². The smallest absolute Gasteiger partial charge is 0.248 e. The molecule has 0 saturated carbocycles. The number of primary amides is 1. The highest BCUT2D eigenvalue weighted by Gasteiger charge is 2.43. The average Bonchev–Trinajstić information content (AvgIpc) is 2.35. The maximum Gasteiger partial charge on any atom is 0.248 e. The van der Waals surface area contributed by atoms with Crippen LogP contribution >= 0.6 is 0 Å². The number of aliphatic hydroxyl groups is 1. The number of likely N-dealkylation sites (tertiary alicyclic amines) is 1. The number of carbonyl (C=O) groups is 3. The number of hydrogen-bond donors (Lipinski definition) is 2. The second-order valence-corrected chi connectivity index (χ2v) is 3.78. The highest BCUT2D eigenvalue weighted by molar-refractivity contribution is 6.05. The number of rotatable bonds is 3. The molecule has 3 unspecified atom stereocenters. The predicted molar refractivity (Wildman–Crippen MR) is 50.2 cm³/mol. The van der Waals surface area contributed by atoms with Crippen LogP contribution in [-0.2, 0) is 14.4 Å². The summed E-state index contributed by atoms with van der Waals surface area (Å²) < 4.78 is 0. The first-order valence-electron chi connectivity index (χ1n) is 4.68. The lowest BCUT2D eigenvalue weighted by Crippen LogP contribution is -2.43. The molecule has 6 heteroatoms. The minimum Gasteiger partial charge on any atom is -0.381 e. The molecule has 6 nitrogen and oxygen atoms in total. The van der Waals surface area contributed by atoms with Crippen LogP contribution in [0.2, 0.25) is 0 Å². The van der Waals surface area contributed by atoms with Gasteiger partial charge >= 0.3 is 0 Å². The van der Waals surface area contributed by atoms with E-state index in [0.29, 0.717) is 0 Å². The average molecular weight is 214 g/mol. The van der Waals surface area contributed by atoms with Gasteiger partial charge in [0.1, 0.15) is 0 Å². The molecule has 3 amide bonds. The molecule has 1 rings (SSSR count). The predicted octanol–water partition coefficient (Wildman–Crippen LogP) is -1.53. The van der Waals surface area contributed by atoms with E-state index in [0.717, 1.165) is 4.90 Å². The Morgan fingerprint density at radius 3 is 2.13 bits per heavy atom. The summed E-state index contributed by atoms with van der Waals surface area (Å²) >= 11 is 0. The molecule has 3 N–H and O–H groups in total. The van der Waals surface area contributed by atoms with Crippen LogP contribution in [0.1, 0.15) is 13.8 Å². The molecule has 1 saturated heterocycles. The van der Waals surface area contributed by atoms with Gasteiger partial charge in [0.25, 0.3) is 0 Å². The van der Waals surface area contributed by atoms with Crippen LogP contribution in [0.15, 0.2) is 0 Å². The Hall–Kier alpha value is -1.43. The van der Waals surface area contributed by atoms with Crippen molar-refractivity contribution in [2.24, 2.45) is 17.6 Å². The Morgan fingerprint density at radius 1 is 1.40 bits per heavy atom. The van der Waals surface area contributed by atoms with Gasteiger partial charge in [0.15, 0.2) is 6.10 Å². The van der Waals surface area contributed by atoms with E-state index >= 15 is 0 Å². The molecule has 0 bridgehead atoms. The highest BCUT2D eigenvalue weighted by Crippen LogP contribution is 2.25. The Morgan fingerprint density at radius 2 is 1.80 bits per heavy atom. The molecule has 0 aromatic heterocycles. The largest absolute Gasteiger partial charge is 0.381 e. The lowest BCUT2D eigenvalue weighted by Gasteiger charge is -2.16. The third-order valence-corrected chi connectivity index (χ3v) is 2.75. The third kappa shape index (κ3) is 1.99. The Kier molecular flexibility index (Phi) is 3.09. The van der Waals surface area contributed by atoms with Crippen molar-refractivity contribution >= 4 is 17.7 Å². The normalized spacial score (nSPS) is 28.3. The van der Waals surface area contributed by atoms with E-state index in [-0.39, 0.29) is 18.4 Å². The summed E-state index contributed by atoms with van der Waals surface area (Å²) in [7, 11) is 0. The van der Waals surface area contributed by atoms with Gasteiger partial charge in [0.2, 0.25) is 17.7 Å². The number of nitrogens with two attached hydrogens (primary N) is 1. The Labute approximate surface area is 87.0 Å². The molecule has 3 atom stereocenters. The van der Waals surface area contributed by atoms with Crippen LogP contribution in [0.3, 0.4) is 0 Å². The molecule has 1 fully saturated rings. The lowest BCUT2D eigenvalue weighted by atomic mass is 10.00. The summed E-state index contributed by atoms with van der Waals surface area (Å²) in [6, 6.07) is 0. The quantitative estimate of drug-likeness (QED) is 0.557. The number of carbonyl (C=O) groups excluding carboxylic acids is 3. The Bertz CT molecular complexity index is 295. The first-order valence-corrected chi connectivity index (χ1v) is 4.68. The van der Waals surface area contributed by atoms with Gasteiger partial charge in [0.05, 0.1) is 6.54 Å². The molecule has 1 aliphatic rings. The van der Waals surface area contributed by atoms with Crippen molar-refractivity contribution in [2.45, 2.75) is 20.0 Å². The minimum absolute atomic E-state index is 0.346. The summed E-state index contributed by atoms with van der Waals surface area (Å²) in [4.78, 5) is 34.5. The number of amides is 3. The van der Waals surface area contributed by atoms with E-state index in [1.807, 2.05) is 0 Å². The zero-order valence-electron chi connectivity index (χ0n) is 8.64. The van der Waals surface area contributed by atoms with Crippen LogP contribution in [0.4, 0.5) is 0 Å². The van der Waals surface area contributed by atoms with Crippen LogP contribution in [0.5, 0.6) is 0 Å². The third-order valence-electron chi connectivity index (χ3n) is 2.75. The lowest BCUT2D eigenvalue weighted by molar-refractivity contribution is -0.142. The second-order valence-electron chi connectivity index (χ2n) is 3.78. The van der Waals surface area contributed by atoms with Gasteiger partial charge in [-0.2, -0.15) is 0 Å². The fourth-order valence-corrected chi connectivity index (χ4v) is 1.47. The van der Waals surface area contributed by atoms with E-state index < -0.39 is 23.8 Å². The van der Waals surface area contributed by atoms with E-state index in [4.69, 9.17) is 5.73 Å². The van der Waals surface area contributed by atoms with Gasteiger partial charge < -0.3 is 10.8 Å². The van der Waals surface area contributed by atoms with Crippen molar-refractivity contribution in [1.29, 1.82) is 0 Å². The second kappa shape index (κ2) is 3.98. The first kappa shape index (κ1) is 11.6. The van der Waals surface area contributed by atoms with E-state index in [1.165, 1.54) is 0 Å². The Balaban J connectivity index is 2.75. The summed E-state index contributed by atoms with van der Waals surface area (Å²) in [5.74, 6) is -2.49. The van der Waals surface area contributed by atoms with Crippen molar-refractivity contribution in [2.75, 3.05) is 6.54 Å². The van der Waals surface area contributed by atoms with Crippen molar-refractivity contribution in [3.8, 4) is 0 Å². The van der Waals surface area contributed by atoms with E-state index in [2.05, 4.69) is 0 Å². The van der Waals surface area contributed by atoms with Gasteiger partial charge in [-0.05, 0) is 0 Å². The monoisotopic (exact) mass is 214 g/mol. The molecule has 0 spiro atoms. The van der Waals surface area contributed by atoms with Gasteiger partial charge in [-0.15, -0.1) is 0 Å². The SMILES string of the molecule is CC1C(=O)N(CC(O)C(N)=O)C(=O)C1C. The molecule has 84 valence electrons. The fourth-order valence-electron chi connectivity index (χ4n) is 1.47. The minimum atomic E-state index is -1.49. The summed E-state index contributed by atoms with van der Waals surface area (Å²) in [6.45, 7) is 2.94. The fraction of sp³-hybridized carbons (Fsp3) is 0.667. The molecule has 0 aromatic rings. The summed E-state index contributed by atoms with van der Waals surface area (Å²) in [5.41, 5.74) is 4.84. The van der Waals surface area contributed by atoms with Crippen molar-refractivity contribution in [1.82, 2.24) is 4.90 Å². The van der Waals surface area contributed by atoms with Crippen molar-refractivity contribution < 1.29 is 19.5 Å². The number of imide groups is 1. The molecule has 0 aliphatic carbocycles. The molecule has 1 aliphatic heterocycles. The number of hydrogen-bond acceptors (Lipinski definition) is 4. The highest BCUT2D eigenvalue weighted by atomic mass is 16.3. The van der Waals surface area contributed by atoms with Gasteiger partial charge in [-0.3, -0.25) is 19.3 Å². The van der Waals surface area contributed by atoms with Crippen LogP contribution in [-0.4, -0.2) is 40.4 Å². The van der Waals surface area contributed by atoms with Gasteiger partial charge in [0, 0.05) is 11.8 Å². The van der Waals surface area contributed by atoms with Gasteiger partial charge in [-0.1, -0.05) is 13.8 Å². The maximum absolute atomic E-state index is 11.5. The summed E-state index contributed by atoms with van der Waals surface area (Å²) in [5, 5.41) is 9.17. The number of aliphatic hydroxyl groups excluding tert-OH is 1. The number of nitrogens with zero attached hydrogens (tertiary/aromatic N) is 1. The number of β-amino-alcohol motifs (C(OH)–C–C–N with tert-alkyl or cyclic N) is 1. The molecular formula is C9H14N2O4. The topological polar surface area (TPSA) is 101 Å². The van der Waals surface area contributed by atoms with Crippen LogP contribution in [0.25, 0.3) is 0 Å². The van der Waals surface area contributed by atoms with Crippen molar-refractivity contribution in [3.05, 3.63) is 0 Å². The molecular weight excluding hydrogens is 200 g/mol. The van der Waals surface area contributed by atoms with Crippen LogP contribution < -0.4 is 5.73 Å². The summed E-state index contributed by atoms with van der Waals surface area (Å²) in [6.07, 6.45) is -1.49. The van der Waals surface area contributed by atoms with Gasteiger partial charge in [-0.25, -0.2) is 0 Å². The standard InChI is InChI=1S/C9H14N2O4/c1-4-5(2)9(15)11(8(4)14)3-6(12)7(10)13/h4-6,12H,3H2,1-2H3,(H2,10,13). The molecule has 1 heterocycles. The molecule has 0 aromatic carbocycles. The van der Waals surface area contributed by atoms with E-state index in [9.17, 15) is 19.5 Å². The zero-order chi connectivity index (χ0) is 11.7. The maximum atomic E-state index is 11.5. The van der Waals surface area contributed by atoms with E-state index in [1.54, 1.807) is 13.8 Å².